The lowest BCUT2D eigenvalue weighted by Crippen LogP contribution is -1.99. The maximum absolute atomic E-state index is 10.9. The SMILES string of the molecule is O=C(Br)N=C1C=C(C=Cc2ccccc2)C=CC1. The van der Waals surface area contributed by atoms with Crippen LogP contribution in [0.3, 0.4) is 0 Å². The Morgan fingerprint density at radius 3 is 2.72 bits per heavy atom. The number of hydrogen-bond donors (Lipinski definition) is 0. The van der Waals surface area contributed by atoms with Crippen LogP contribution in [0, 0.1) is 0 Å². The van der Waals surface area contributed by atoms with Crippen LogP contribution in [0.2, 0.25) is 0 Å². The van der Waals surface area contributed by atoms with E-state index in [1.807, 2.05) is 60.7 Å². The molecule has 0 saturated carbocycles. The molecule has 0 aromatic heterocycles. The van der Waals surface area contributed by atoms with Gasteiger partial charge < -0.3 is 0 Å². The zero-order valence-electron chi connectivity index (χ0n) is 9.71. The largest absolute Gasteiger partial charge is 0.313 e. The number of rotatable bonds is 2. The predicted octanol–water partition coefficient (Wildman–Crippen LogP) is 4.54. The summed E-state index contributed by atoms with van der Waals surface area (Å²) in [5.41, 5.74) is 2.96. The highest BCUT2D eigenvalue weighted by Crippen LogP contribution is 2.12. The van der Waals surface area contributed by atoms with Crippen molar-refractivity contribution in [2.24, 2.45) is 4.99 Å². The molecule has 1 aromatic carbocycles. The van der Waals surface area contributed by atoms with Crippen LogP contribution in [0.5, 0.6) is 0 Å². The van der Waals surface area contributed by atoms with Crippen LogP contribution in [-0.2, 0) is 0 Å². The third-order valence-corrected chi connectivity index (χ3v) is 2.65. The molecule has 1 aliphatic rings. The van der Waals surface area contributed by atoms with Crippen molar-refractivity contribution in [3.8, 4) is 0 Å². The lowest BCUT2D eigenvalue weighted by Gasteiger charge is -2.04. The highest BCUT2D eigenvalue weighted by atomic mass is 79.9. The Kier molecular flexibility index (Phi) is 4.42. The number of benzene rings is 1. The number of carbonyl (C=O) groups excluding carboxylic acids is 1. The van der Waals surface area contributed by atoms with E-state index in [2.05, 4.69) is 20.9 Å². The van der Waals surface area contributed by atoms with Crippen molar-refractivity contribution in [1.82, 2.24) is 0 Å². The Morgan fingerprint density at radius 1 is 1.22 bits per heavy atom. The van der Waals surface area contributed by atoms with E-state index in [1.54, 1.807) is 0 Å². The number of amides is 1. The summed E-state index contributed by atoms with van der Waals surface area (Å²) in [5.74, 6) is 0. The van der Waals surface area contributed by atoms with Crippen LogP contribution in [-0.4, -0.2) is 10.5 Å². The highest BCUT2D eigenvalue weighted by Gasteiger charge is 2.02. The minimum Gasteiger partial charge on any atom is -0.259 e. The molecule has 0 saturated heterocycles. The normalized spacial score (nSPS) is 17.2. The van der Waals surface area contributed by atoms with E-state index in [0.717, 1.165) is 16.8 Å². The van der Waals surface area contributed by atoms with Crippen LogP contribution in [0.4, 0.5) is 4.79 Å². The van der Waals surface area contributed by atoms with Crippen molar-refractivity contribution < 1.29 is 4.79 Å². The smallest absolute Gasteiger partial charge is 0.259 e. The molecule has 1 aliphatic carbocycles. The number of aliphatic imine (C=N–C) groups is 1. The Balaban J connectivity index is 2.14. The molecular formula is C15H12BrNO. The quantitative estimate of drug-likeness (QED) is 0.582. The zero-order valence-corrected chi connectivity index (χ0v) is 11.3. The molecule has 0 heterocycles. The van der Waals surface area contributed by atoms with Gasteiger partial charge in [0.1, 0.15) is 0 Å². The van der Waals surface area contributed by atoms with Gasteiger partial charge in [-0.1, -0.05) is 54.6 Å². The van der Waals surface area contributed by atoms with Gasteiger partial charge in [0.05, 0.1) is 0 Å². The van der Waals surface area contributed by atoms with Crippen molar-refractivity contribution >= 4 is 32.5 Å². The molecule has 0 aliphatic heterocycles. The van der Waals surface area contributed by atoms with Crippen LogP contribution in [0.25, 0.3) is 6.08 Å². The maximum Gasteiger partial charge on any atom is 0.313 e. The fourth-order valence-electron chi connectivity index (χ4n) is 1.67. The first kappa shape index (κ1) is 12.7. The minimum absolute atomic E-state index is 0.338. The van der Waals surface area contributed by atoms with Gasteiger partial charge in [-0.25, -0.2) is 4.99 Å². The van der Waals surface area contributed by atoms with Crippen molar-refractivity contribution in [2.75, 3.05) is 0 Å². The molecule has 0 radical (unpaired) electrons. The maximum atomic E-state index is 10.9. The molecule has 0 unspecified atom stereocenters. The minimum atomic E-state index is -0.338. The summed E-state index contributed by atoms with van der Waals surface area (Å²) in [7, 11) is 0. The fourth-order valence-corrected chi connectivity index (χ4v) is 1.89. The van der Waals surface area contributed by atoms with E-state index in [1.165, 1.54) is 0 Å². The summed E-state index contributed by atoms with van der Waals surface area (Å²) in [6.45, 7) is 0. The van der Waals surface area contributed by atoms with Gasteiger partial charge in [-0.15, -0.1) is 0 Å². The van der Waals surface area contributed by atoms with E-state index in [9.17, 15) is 4.79 Å². The van der Waals surface area contributed by atoms with E-state index in [-0.39, 0.29) is 4.82 Å². The van der Waals surface area contributed by atoms with Gasteiger partial charge in [-0.05, 0) is 17.2 Å². The number of nitrogens with zero attached hydrogens (tertiary/aromatic N) is 1. The van der Waals surface area contributed by atoms with Crippen LogP contribution >= 0.6 is 15.9 Å². The topological polar surface area (TPSA) is 29.4 Å². The fraction of sp³-hybridized carbons (Fsp3) is 0.0667. The predicted molar refractivity (Wildman–Crippen MR) is 79.1 cm³/mol. The molecule has 0 atom stereocenters. The van der Waals surface area contributed by atoms with Crippen LogP contribution in [0.1, 0.15) is 12.0 Å². The molecule has 2 rings (SSSR count). The molecular weight excluding hydrogens is 290 g/mol. The second-order valence-corrected chi connectivity index (χ2v) is 4.53. The molecule has 3 heteroatoms. The van der Waals surface area contributed by atoms with Crippen molar-refractivity contribution in [1.29, 1.82) is 0 Å². The third kappa shape index (κ3) is 3.93. The Hall–Kier alpha value is -1.74. The van der Waals surface area contributed by atoms with Crippen molar-refractivity contribution in [3.63, 3.8) is 0 Å². The summed E-state index contributed by atoms with van der Waals surface area (Å²) >= 11 is 2.81. The van der Waals surface area contributed by atoms with Gasteiger partial charge in [-0.2, -0.15) is 0 Å². The molecule has 90 valence electrons. The van der Waals surface area contributed by atoms with Gasteiger partial charge >= 0.3 is 4.82 Å². The summed E-state index contributed by atoms with van der Waals surface area (Å²) < 4.78 is 0. The van der Waals surface area contributed by atoms with Gasteiger partial charge in [-0.3, -0.25) is 4.79 Å². The van der Waals surface area contributed by atoms with Crippen LogP contribution < -0.4 is 0 Å². The average molecular weight is 302 g/mol. The first-order valence-electron chi connectivity index (χ1n) is 5.62. The van der Waals surface area contributed by atoms with E-state index < -0.39 is 0 Å². The number of allylic oxidation sites excluding steroid dienone is 5. The molecule has 1 aromatic rings. The molecule has 1 amide bonds. The van der Waals surface area contributed by atoms with E-state index in [4.69, 9.17) is 0 Å². The van der Waals surface area contributed by atoms with Crippen LogP contribution in [0.15, 0.2) is 65.2 Å². The second kappa shape index (κ2) is 6.26. The molecule has 0 fully saturated rings. The van der Waals surface area contributed by atoms with Gasteiger partial charge in [0.2, 0.25) is 0 Å². The van der Waals surface area contributed by atoms with Gasteiger partial charge in [0.15, 0.2) is 0 Å². The standard InChI is InChI=1S/C15H12BrNO/c16-15(18)17-14-8-4-7-13(11-14)10-9-12-5-2-1-3-6-12/h1-7,9-11H,8H2. The Bertz CT molecular complexity index is 553. The van der Waals surface area contributed by atoms with Crippen molar-refractivity contribution in [3.05, 3.63) is 65.8 Å². The molecule has 2 nitrogen and oxygen atoms in total. The molecule has 0 spiro atoms. The molecule has 0 bridgehead atoms. The van der Waals surface area contributed by atoms with E-state index in [0.29, 0.717) is 6.42 Å². The highest BCUT2D eigenvalue weighted by molar-refractivity contribution is 9.18. The second-order valence-electron chi connectivity index (χ2n) is 3.85. The molecule has 0 N–H and O–H groups in total. The van der Waals surface area contributed by atoms with Gasteiger partial charge in [0.25, 0.3) is 0 Å². The summed E-state index contributed by atoms with van der Waals surface area (Å²) in [4.78, 5) is 14.4. The number of halogens is 1. The lowest BCUT2D eigenvalue weighted by molar-refractivity contribution is 0.268. The number of hydrogen-bond acceptors (Lipinski definition) is 1. The summed E-state index contributed by atoms with van der Waals surface area (Å²) in [6.07, 6.45) is 10.7. The van der Waals surface area contributed by atoms with E-state index >= 15 is 0 Å². The Morgan fingerprint density at radius 2 is 2.00 bits per heavy atom. The zero-order chi connectivity index (χ0) is 12.8. The monoisotopic (exact) mass is 301 g/mol. The first-order chi connectivity index (χ1) is 8.74. The lowest BCUT2D eigenvalue weighted by atomic mass is 10.0. The first-order valence-corrected chi connectivity index (χ1v) is 6.42. The third-order valence-electron chi connectivity index (χ3n) is 2.47. The van der Waals surface area contributed by atoms with Gasteiger partial charge in [0, 0.05) is 28.1 Å². The summed E-state index contributed by atoms with van der Waals surface area (Å²) in [6, 6.07) is 10.1. The summed E-state index contributed by atoms with van der Waals surface area (Å²) in [5, 5.41) is 0. The number of carbonyl (C=O) groups is 1. The van der Waals surface area contributed by atoms with Crippen molar-refractivity contribution in [2.45, 2.75) is 6.42 Å². The molecule has 18 heavy (non-hydrogen) atoms. The average Bonchev–Trinajstić information content (AvgIpc) is 2.37. The Labute approximate surface area is 115 Å².